The van der Waals surface area contributed by atoms with E-state index in [1.165, 1.54) is 11.8 Å². The largest absolute Gasteiger partial charge is 0.476 e. The van der Waals surface area contributed by atoms with Crippen molar-refractivity contribution in [2.24, 2.45) is 0 Å². The Hall–Kier alpha value is 0.240. The Morgan fingerprint density at radius 3 is 2.25 bits per heavy atom. The molecule has 48 valence electrons. The molecule has 0 spiro atoms. The van der Waals surface area contributed by atoms with Crippen LogP contribution in [-0.2, 0) is 4.74 Å². The van der Waals surface area contributed by atoms with Crippen LogP contribution in [0.25, 0.3) is 0 Å². The van der Waals surface area contributed by atoms with Crippen LogP contribution in [0.5, 0.6) is 0 Å². The van der Waals surface area contributed by atoms with E-state index < -0.39 is 0 Å². The van der Waals surface area contributed by atoms with E-state index >= 15 is 0 Å². The molecule has 0 aromatic heterocycles. The Morgan fingerprint density at radius 2 is 2.12 bits per heavy atom. The number of thiocarbonyl (C=S) groups is 1. The molecule has 0 rings (SSSR count). The van der Waals surface area contributed by atoms with Gasteiger partial charge in [-0.25, -0.2) is 0 Å². The summed E-state index contributed by atoms with van der Waals surface area (Å²) in [5, 5.41) is 0. The van der Waals surface area contributed by atoms with E-state index in [1.807, 2.05) is 20.1 Å². The zero-order valence-corrected chi connectivity index (χ0v) is 6.94. The molecule has 1 nitrogen and oxygen atoms in total. The van der Waals surface area contributed by atoms with Gasteiger partial charge in [0.1, 0.15) is 0 Å². The fourth-order valence-corrected chi connectivity index (χ4v) is 0.722. The van der Waals surface area contributed by atoms with Crippen LogP contribution in [0.15, 0.2) is 0 Å². The van der Waals surface area contributed by atoms with Gasteiger partial charge in [-0.05, 0) is 32.3 Å². The summed E-state index contributed by atoms with van der Waals surface area (Å²) in [4.78, 5) is 0. The Kier molecular flexibility index (Phi) is 4.28. The highest BCUT2D eigenvalue weighted by Gasteiger charge is 1.95. The maximum atomic E-state index is 5.09. The Morgan fingerprint density at radius 1 is 1.62 bits per heavy atom. The van der Waals surface area contributed by atoms with Crippen molar-refractivity contribution in [1.82, 2.24) is 0 Å². The molecule has 0 aliphatic rings. The molecule has 0 saturated heterocycles. The second-order valence-electron chi connectivity index (χ2n) is 1.62. The van der Waals surface area contributed by atoms with Crippen LogP contribution in [0, 0.1) is 0 Å². The summed E-state index contributed by atoms with van der Waals surface area (Å²) in [7, 11) is 0. The van der Waals surface area contributed by atoms with Gasteiger partial charge in [0.15, 0.2) is 0 Å². The zero-order valence-electron chi connectivity index (χ0n) is 5.30. The normalized spacial score (nSPS) is 9.50. The molecule has 0 aromatic carbocycles. The van der Waals surface area contributed by atoms with Gasteiger partial charge in [0.25, 0.3) is 0 Å². The smallest absolute Gasteiger partial charge is 0.219 e. The summed E-state index contributed by atoms with van der Waals surface area (Å²) in [6.45, 7) is 3.92. The van der Waals surface area contributed by atoms with Crippen molar-refractivity contribution < 1.29 is 4.74 Å². The van der Waals surface area contributed by atoms with Gasteiger partial charge in [-0.1, -0.05) is 11.8 Å². The fourth-order valence-electron chi connectivity index (χ4n) is 0.241. The molecule has 0 aliphatic heterocycles. The first-order valence-electron chi connectivity index (χ1n) is 2.41. The standard InChI is InChI=1S/C5H10OS2/c1-4(2)6-5(7)8-3/h4H,1-3H3. The van der Waals surface area contributed by atoms with Crippen LogP contribution in [0.1, 0.15) is 13.8 Å². The SMILES string of the molecule is CSC(=S)OC(C)C. The summed E-state index contributed by atoms with van der Waals surface area (Å²) in [6.07, 6.45) is 2.12. The van der Waals surface area contributed by atoms with E-state index in [9.17, 15) is 0 Å². The highest BCUT2D eigenvalue weighted by atomic mass is 32.2. The second-order valence-corrected chi connectivity index (χ2v) is 3.03. The lowest BCUT2D eigenvalue weighted by Crippen LogP contribution is -2.04. The maximum Gasteiger partial charge on any atom is 0.219 e. The third-order valence-corrected chi connectivity index (χ3v) is 1.52. The van der Waals surface area contributed by atoms with E-state index in [0.29, 0.717) is 4.38 Å². The average Bonchev–Trinajstić information content (AvgIpc) is 1.65. The van der Waals surface area contributed by atoms with E-state index in [1.54, 1.807) is 0 Å². The molecule has 0 heterocycles. The lowest BCUT2D eigenvalue weighted by atomic mass is 10.5. The van der Waals surface area contributed by atoms with Crippen LogP contribution in [-0.4, -0.2) is 16.7 Å². The van der Waals surface area contributed by atoms with E-state index in [0.717, 1.165) is 0 Å². The Balaban J connectivity index is 3.25. The summed E-state index contributed by atoms with van der Waals surface area (Å²) >= 11 is 6.23. The van der Waals surface area contributed by atoms with Crippen LogP contribution >= 0.6 is 24.0 Å². The third-order valence-electron chi connectivity index (χ3n) is 0.499. The van der Waals surface area contributed by atoms with Gasteiger partial charge < -0.3 is 4.74 Å². The van der Waals surface area contributed by atoms with Crippen molar-refractivity contribution in [2.75, 3.05) is 6.26 Å². The number of thioether (sulfide) groups is 1. The number of rotatable bonds is 1. The molecule has 0 saturated carbocycles. The first kappa shape index (κ1) is 8.24. The van der Waals surface area contributed by atoms with Gasteiger partial charge in [0, 0.05) is 0 Å². The predicted octanol–water partition coefficient (Wildman–Crippen LogP) is 2.06. The molecule has 0 aliphatic carbocycles. The Labute approximate surface area is 59.8 Å². The minimum atomic E-state index is 0.218. The predicted molar refractivity (Wildman–Crippen MR) is 42.3 cm³/mol. The van der Waals surface area contributed by atoms with Gasteiger partial charge in [-0.3, -0.25) is 0 Å². The van der Waals surface area contributed by atoms with Crippen LogP contribution in [0.3, 0.4) is 0 Å². The zero-order chi connectivity index (χ0) is 6.57. The molecular weight excluding hydrogens is 140 g/mol. The minimum Gasteiger partial charge on any atom is -0.476 e. The second kappa shape index (κ2) is 4.15. The van der Waals surface area contributed by atoms with E-state index in [4.69, 9.17) is 17.0 Å². The van der Waals surface area contributed by atoms with Gasteiger partial charge in [0.2, 0.25) is 4.38 Å². The average molecular weight is 150 g/mol. The monoisotopic (exact) mass is 150 g/mol. The minimum absolute atomic E-state index is 0.218. The molecule has 8 heavy (non-hydrogen) atoms. The molecule has 0 fully saturated rings. The first-order chi connectivity index (χ1) is 3.66. The summed E-state index contributed by atoms with van der Waals surface area (Å²) in [6, 6.07) is 0. The highest BCUT2D eigenvalue weighted by Crippen LogP contribution is 2.02. The summed E-state index contributed by atoms with van der Waals surface area (Å²) < 4.78 is 5.72. The molecule has 3 heteroatoms. The van der Waals surface area contributed by atoms with Crippen molar-refractivity contribution >= 4 is 28.4 Å². The molecule has 0 radical (unpaired) electrons. The fraction of sp³-hybridized carbons (Fsp3) is 0.800. The van der Waals surface area contributed by atoms with Crippen LogP contribution in [0.2, 0.25) is 0 Å². The van der Waals surface area contributed by atoms with Crippen molar-refractivity contribution in [3.8, 4) is 0 Å². The van der Waals surface area contributed by atoms with Gasteiger partial charge in [-0.15, -0.1) is 0 Å². The van der Waals surface area contributed by atoms with E-state index in [2.05, 4.69) is 0 Å². The molecule has 0 unspecified atom stereocenters. The third kappa shape index (κ3) is 4.40. The van der Waals surface area contributed by atoms with Crippen molar-refractivity contribution in [3.05, 3.63) is 0 Å². The van der Waals surface area contributed by atoms with E-state index in [-0.39, 0.29) is 6.10 Å². The molecule has 0 amide bonds. The number of hydrogen-bond acceptors (Lipinski definition) is 3. The quantitative estimate of drug-likeness (QED) is 0.529. The van der Waals surface area contributed by atoms with Crippen molar-refractivity contribution in [2.45, 2.75) is 20.0 Å². The Bertz CT molecular complexity index is 80.5. The van der Waals surface area contributed by atoms with Crippen LogP contribution in [0.4, 0.5) is 0 Å². The molecule has 0 bridgehead atoms. The van der Waals surface area contributed by atoms with Crippen molar-refractivity contribution in [3.63, 3.8) is 0 Å². The lowest BCUT2D eigenvalue weighted by Gasteiger charge is -2.06. The molecule has 0 N–H and O–H groups in total. The highest BCUT2D eigenvalue weighted by molar-refractivity contribution is 8.22. The lowest BCUT2D eigenvalue weighted by molar-refractivity contribution is 0.243. The number of ether oxygens (including phenoxy) is 1. The van der Waals surface area contributed by atoms with Gasteiger partial charge >= 0.3 is 0 Å². The topological polar surface area (TPSA) is 9.23 Å². The summed E-state index contributed by atoms with van der Waals surface area (Å²) in [5.74, 6) is 0. The van der Waals surface area contributed by atoms with Crippen LogP contribution < -0.4 is 0 Å². The van der Waals surface area contributed by atoms with Crippen molar-refractivity contribution in [1.29, 1.82) is 0 Å². The maximum absolute atomic E-state index is 5.09. The number of hydrogen-bond donors (Lipinski definition) is 0. The first-order valence-corrected chi connectivity index (χ1v) is 4.04. The molecular formula is C5H10OS2. The molecule has 0 atom stereocenters. The summed E-state index contributed by atoms with van der Waals surface area (Å²) in [5.41, 5.74) is 0. The molecule has 0 aromatic rings. The van der Waals surface area contributed by atoms with Gasteiger partial charge in [-0.2, -0.15) is 0 Å². The van der Waals surface area contributed by atoms with Gasteiger partial charge in [0.05, 0.1) is 6.10 Å².